The van der Waals surface area contributed by atoms with Crippen molar-refractivity contribution in [3.63, 3.8) is 0 Å². The van der Waals surface area contributed by atoms with Crippen molar-refractivity contribution in [2.24, 2.45) is 11.8 Å². The minimum atomic E-state index is -3.49. The summed E-state index contributed by atoms with van der Waals surface area (Å²) in [6, 6.07) is 8.02. The van der Waals surface area contributed by atoms with Crippen molar-refractivity contribution in [3.8, 4) is 0 Å². The monoisotopic (exact) mass is 385 g/mol. The molecule has 1 N–H and O–H groups in total. The van der Waals surface area contributed by atoms with Crippen LogP contribution >= 0.6 is 11.6 Å². The van der Waals surface area contributed by atoms with Crippen molar-refractivity contribution < 1.29 is 12.6 Å². The third-order valence-electron chi connectivity index (χ3n) is 6.02. The maximum Gasteiger partial charge on any atom is 0.264 e. The molecule has 0 amide bonds. The fraction of sp³-hybridized carbons (Fsp3) is 0.684. The van der Waals surface area contributed by atoms with Gasteiger partial charge in [-0.2, -0.15) is 8.42 Å². The van der Waals surface area contributed by atoms with Crippen molar-refractivity contribution in [1.29, 1.82) is 0 Å². The van der Waals surface area contributed by atoms with E-state index in [-0.39, 0.29) is 17.4 Å². The molecule has 2 aliphatic rings. The van der Waals surface area contributed by atoms with Crippen LogP contribution in [0.25, 0.3) is 0 Å². The van der Waals surface area contributed by atoms with Crippen molar-refractivity contribution in [1.82, 2.24) is 5.32 Å². The number of rotatable bonds is 6. The van der Waals surface area contributed by atoms with Gasteiger partial charge in [0.05, 0.1) is 12.4 Å². The van der Waals surface area contributed by atoms with Gasteiger partial charge in [-0.15, -0.1) is 0 Å². The van der Waals surface area contributed by atoms with E-state index in [0.717, 1.165) is 50.1 Å². The quantitative estimate of drug-likeness (QED) is 0.758. The minimum absolute atomic E-state index is 0.0110. The molecular weight excluding hydrogens is 358 g/mol. The Balaban J connectivity index is 1.86. The van der Waals surface area contributed by atoms with E-state index in [4.69, 9.17) is 15.8 Å². The fourth-order valence-corrected chi connectivity index (χ4v) is 5.18. The lowest BCUT2D eigenvalue weighted by Crippen LogP contribution is -2.47. The molecule has 1 aromatic rings. The minimum Gasteiger partial charge on any atom is -0.316 e. The lowest BCUT2D eigenvalue weighted by molar-refractivity contribution is 0.0426. The van der Waals surface area contributed by atoms with Gasteiger partial charge in [0.15, 0.2) is 0 Å². The third-order valence-corrected chi connectivity index (χ3v) is 6.87. The summed E-state index contributed by atoms with van der Waals surface area (Å²) in [5.41, 5.74) is 1.26. The van der Waals surface area contributed by atoms with Crippen molar-refractivity contribution >= 4 is 21.7 Å². The number of nitrogens with one attached hydrogen (secondary N) is 1. The van der Waals surface area contributed by atoms with Crippen LogP contribution in [0.5, 0.6) is 0 Å². The Hall–Kier alpha value is -0.620. The largest absolute Gasteiger partial charge is 0.316 e. The topological polar surface area (TPSA) is 55.4 Å². The molecule has 3 rings (SSSR count). The number of halogens is 1. The zero-order chi connectivity index (χ0) is 18.1. The van der Waals surface area contributed by atoms with Crippen LogP contribution in [0, 0.1) is 11.8 Å². The summed E-state index contributed by atoms with van der Waals surface area (Å²) in [6.07, 6.45) is 6.01. The van der Waals surface area contributed by atoms with Crippen LogP contribution in [-0.2, 0) is 19.7 Å². The molecule has 1 unspecified atom stereocenters. The summed E-state index contributed by atoms with van der Waals surface area (Å²) in [5.74, 6) is 0.670. The highest BCUT2D eigenvalue weighted by molar-refractivity contribution is 7.86. The Morgan fingerprint density at radius 1 is 1.32 bits per heavy atom. The molecule has 6 heteroatoms. The Labute approximate surface area is 156 Å². The maximum atomic E-state index is 11.9. The lowest BCUT2D eigenvalue weighted by Gasteiger charge is -2.47. The molecule has 3 atom stereocenters. The molecule has 1 saturated heterocycles. The van der Waals surface area contributed by atoms with Crippen molar-refractivity contribution in [2.45, 2.75) is 50.5 Å². The van der Waals surface area contributed by atoms with Gasteiger partial charge in [0.25, 0.3) is 10.1 Å². The summed E-state index contributed by atoms with van der Waals surface area (Å²) in [7, 11) is -3.49. The summed E-state index contributed by atoms with van der Waals surface area (Å²) in [5, 5.41) is 4.14. The Kier molecular flexibility index (Phi) is 5.78. The van der Waals surface area contributed by atoms with Gasteiger partial charge in [-0.1, -0.05) is 37.1 Å². The Bertz CT molecular complexity index is 685. The molecule has 1 aliphatic carbocycles. The van der Waals surface area contributed by atoms with E-state index in [2.05, 4.69) is 24.4 Å². The van der Waals surface area contributed by atoms with Crippen LogP contribution < -0.4 is 5.32 Å². The van der Waals surface area contributed by atoms with Crippen LogP contribution in [0.2, 0.25) is 5.02 Å². The van der Waals surface area contributed by atoms with E-state index in [9.17, 15) is 8.42 Å². The van der Waals surface area contributed by atoms with Crippen LogP contribution in [0.15, 0.2) is 24.3 Å². The lowest BCUT2D eigenvalue weighted by atomic mass is 9.60. The van der Waals surface area contributed by atoms with Gasteiger partial charge in [0, 0.05) is 17.5 Å². The van der Waals surface area contributed by atoms with E-state index in [0.29, 0.717) is 5.92 Å². The number of hydrogen-bond acceptors (Lipinski definition) is 4. The highest BCUT2D eigenvalue weighted by Crippen LogP contribution is 2.49. The first-order valence-electron chi connectivity index (χ1n) is 9.14. The van der Waals surface area contributed by atoms with Crippen LogP contribution in [0.3, 0.4) is 0 Å². The number of piperidine rings is 1. The molecule has 4 nitrogen and oxygen atoms in total. The van der Waals surface area contributed by atoms with Gasteiger partial charge in [-0.3, -0.25) is 4.18 Å². The van der Waals surface area contributed by atoms with Crippen LogP contribution in [0.1, 0.15) is 44.6 Å². The van der Waals surface area contributed by atoms with E-state index in [1.54, 1.807) is 0 Å². The zero-order valence-corrected chi connectivity index (χ0v) is 16.6. The molecule has 0 radical (unpaired) electrons. The van der Waals surface area contributed by atoms with E-state index < -0.39 is 10.1 Å². The molecular formula is C19H28ClNO3S. The fourth-order valence-electron chi connectivity index (χ4n) is 4.40. The van der Waals surface area contributed by atoms with Gasteiger partial charge < -0.3 is 5.32 Å². The molecule has 140 valence electrons. The van der Waals surface area contributed by atoms with Gasteiger partial charge in [-0.05, 0) is 61.3 Å². The molecule has 1 heterocycles. The van der Waals surface area contributed by atoms with Crippen LogP contribution in [-0.4, -0.2) is 33.9 Å². The zero-order valence-electron chi connectivity index (χ0n) is 15.0. The summed E-state index contributed by atoms with van der Waals surface area (Å²) >= 11 is 6.04. The Morgan fingerprint density at radius 2 is 2.00 bits per heavy atom. The molecule has 0 spiro atoms. The second-order valence-electron chi connectivity index (χ2n) is 7.82. The smallest absolute Gasteiger partial charge is 0.264 e. The predicted octanol–water partition coefficient (Wildman–Crippen LogP) is 3.74. The molecule has 0 bridgehead atoms. The molecule has 1 aliphatic heterocycles. The molecule has 0 aromatic heterocycles. The predicted molar refractivity (Wildman–Crippen MR) is 101 cm³/mol. The Morgan fingerprint density at radius 3 is 2.52 bits per heavy atom. The second kappa shape index (κ2) is 7.55. The summed E-state index contributed by atoms with van der Waals surface area (Å²) in [4.78, 5) is 0. The first-order chi connectivity index (χ1) is 11.8. The normalized spacial score (nSPS) is 27.5. The number of hydrogen-bond donors (Lipinski definition) is 1. The molecule has 1 saturated carbocycles. The first kappa shape index (κ1) is 19.2. The van der Waals surface area contributed by atoms with Gasteiger partial charge in [-0.25, -0.2) is 0 Å². The molecule has 25 heavy (non-hydrogen) atoms. The summed E-state index contributed by atoms with van der Waals surface area (Å²) < 4.78 is 29.4. The van der Waals surface area contributed by atoms with Gasteiger partial charge in [0.2, 0.25) is 0 Å². The molecule has 1 aromatic carbocycles. The van der Waals surface area contributed by atoms with Crippen molar-refractivity contribution in [2.75, 3.05) is 19.3 Å². The third kappa shape index (κ3) is 4.57. The average molecular weight is 386 g/mol. The second-order valence-corrected chi connectivity index (χ2v) is 9.85. The first-order valence-corrected chi connectivity index (χ1v) is 11.3. The molecule has 2 fully saturated rings. The highest BCUT2D eigenvalue weighted by atomic mass is 35.5. The van der Waals surface area contributed by atoms with Crippen molar-refractivity contribution in [3.05, 3.63) is 34.9 Å². The average Bonchev–Trinajstić information content (AvgIpc) is 2.50. The van der Waals surface area contributed by atoms with Gasteiger partial charge >= 0.3 is 0 Å². The van der Waals surface area contributed by atoms with E-state index in [1.165, 1.54) is 12.0 Å². The highest BCUT2D eigenvalue weighted by Gasteiger charge is 2.44. The maximum absolute atomic E-state index is 11.9. The summed E-state index contributed by atoms with van der Waals surface area (Å²) in [6.45, 7) is 4.02. The SMILES string of the molecule is C[C@H]1CCNC[C@@H]1C(CC1(c2ccc(Cl)cc2)CCC1)OS(C)(=O)=O. The van der Waals surface area contributed by atoms with Gasteiger partial charge in [0.1, 0.15) is 0 Å². The standard InChI is InChI=1S/C19H28ClNO3S/c1-14-8-11-21-13-17(14)18(24-25(2,22)23)12-19(9-3-10-19)15-4-6-16(20)7-5-15/h4-7,14,17-18,21H,3,8-13H2,1-2H3/t14-,17-,18?/m0/s1. The van der Waals surface area contributed by atoms with Crippen LogP contribution in [0.4, 0.5) is 0 Å². The van der Waals surface area contributed by atoms with E-state index >= 15 is 0 Å². The van der Waals surface area contributed by atoms with E-state index in [1.807, 2.05) is 12.1 Å². The number of benzene rings is 1.